The molecule has 5 heteroatoms. The molecule has 0 aliphatic heterocycles. The van der Waals surface area contributed by atoms with Gasteiger partial charge in [0.1, 0.15) is 0 Å². The molecule has 5 nitrogen and oxygen atoms in total. The summed E-state index contributed by atoms with van der Waals surface area (Å²) in [6, 6.07) is 0.255. The van der Waals surface area contributed by atoms with E-state index in [1.54, 1.807) is 0 Å². The van der Waals surface area contributed by atoms with Crippen molar-refractivity contribution < 1.29 is 0 Å². The summed E-state index contributed by atoms with van der Waals surface area (Å²) in [5.74, 6) is 0. The topological polar surface area (TPSA) is 47.7 Å². The average molecular weight is 247 g/mol. The first-order valence-electron chi connectivity index (χ1n) is 6.45. The summed E-state index contributed by atoms with van der Waals surface area (Å²) in [5, 5.41) is 7.79. The fourth-order valence-electron chi connectivity index (χ4n) is 2.06. The van der Waals surface area contributed by atoms with Gasteiger partial charge in [-0.15, -0.1) is 0 Å². The van der Waals surface area contributed by atoms with Crippen molar-refractivity contribution in [1.29, 1.82) is 0 Å². The number of aryl methyl sites for hydroxylation is 2. The van der Waals surface area contributed by atoms with Crippen molar-refractivity contribution in [2.45, 2.75) is 32.9 Å². The average Bonchev–Trinajstić information content (AvgIpc) is 2.97. The molecule has 0 fully saturated rings. The second kappa shape index (κ2) is 5.82. The van der Waals surface area contributed by atoms with E-state index in [2.05, 4.69) is 41.6 Å². The summed E-state index contributed by atoms with van der Waals surface area (Å²) in [5.41, 5.74) is 2.33. The van der Waals surface area contributed by atoms with Crippen molar-refractivity contribution in [3.05, 3.63) is 36.2 Å². The Bertz CT molecular complexity index is 485. The molecule has 0 amide bonds. The number of hydrogen-bond donors (Lipinski definition) is 1. The van der Waals surface area contributed by atoms with Crippen LogP contribution < -0.4 is 5.32 Å². The first-order valence-corrected chi connectivity index (χ1v) is 6.45. The summed E-state index contributed by atoms with van der Waals surface area (Å²) >= 11 is 0. The summed E-state index contributed by atoms with van der Waals surface area (Å²) in [4.78, 5) is 4.43. The van der Waals surface area contributed by atoms with Gasteiger partial charge in [0.25, 0.3) is 0 Å². The Morgan fingerprint density at radius 3 is 2.72 bits per heavy atom. The van der Waals surface area contributed by atoms with Gasteiger partial charge in [-0.3, -0.25) is 4.68 Å². The van der Waals surface area contributed by atoms with E-state index >= 15 is 0 Å². The molecule has 0 bridgehead atoms. The minimum absolute atomic E-state index is 0.255. The van der Waals surface area contributed by atoms with Gasteiger partial charge in [0.05, 0.1) is 24.3 Å². The SMILES string of the molecule is CCNC(Cc1cnn(CC)c1)c1cn(C)cn1. The molecule has 0 spiro atoms. The summed E-state index contributed by atoms with van der Waals surface area (Å²) < 4.78 is 3.94. The van der Waals surface area contributed by atoms with E-state index in [0.717, 1.165) is 25.2 Å². The van der Waals surface area contributed by atoms with Crippen LogP contribution in [-0.4, -0.2) is 25.9 Å². The zero-order valence-corrected chi connectivity index (χ0v) is 11.3. The third-order valence-electron chi connectivity index (χ3n) is 2.98. The third-order valence-corrected chi connectivity index (χ3v) is 2.98. The van der Waals surface area contributed by atoms with E-state index in [1.165, 1.54) is 5.56 Å². The van der Waals surface area contributed by atoms with Crippen LogP contribution in [0.25, 0.3) is 0 Å². The number of nitrogens with zero attached hydrogens (tertiary/aromatic N) is 4. The van der Waals surface area contributed by atoms with E-state index in [9.17, 15) is 0 Å². The van der Waals surface area contributed by atoms with Gasteiger partial charge in [-0.05, 0) is 25.5 Å². The quantitative estimate of drug-likeness (QED) is 0.842. The lowest BCUT2D eigenvalue weighted by Gasteiger charge is -2.14. The lowest BCUT2D eigenvalue weighted by Crippen LogP contribution is -2.23. The molecule has 2 rings (SSSR count). The molecule has 1 atom stereocenters. The molecule has 18 heavy (non-hydrogen) atoms. The Labute approximate surface area is 108 Å². The predicted octanol–water partition coefficient (Wildman–Crippen LogP) is 1.53. The van der Waals surface area contributed by atoms with Crippen molar-refractivity contribution in [2.24, 2.45) is 7.05 Å². The smallest absolute Gasteiger partial charge is 0.0947 e. The van der Waals surface area contributed by atoms with Gasteiger partial charge in [0, 0.05) is 26.0 Å². The largest absolute Gasteiger partial charge is 0.340 e. The number of likely N-dealkylation sites (N-methyl/N-ethyl adjacent to an activating group) is 1. The maximum absolute atomic E-state index is 4.43. The number of aromatic nitrogens is 4. The van der Waals surface area contributed by atoms with Crippen LogP contribution in [0.1, 0.15) is 31.1 Å². The van der Waals surface area contributed by atoms with E-state index in [4.69, 9.17) is 0 Å². The zero-order valence-electron chi connectivity index (χ0n) is 11.3. The lowest BCUT2D eigenvalue weighted by molar-refractivity contribution is 0.538. The molecule has 0 aliphatic carbocycles. The van der Waals surface area contributed by atoms with Gasteiger partial charge >= 0.3 is 0 Å². The van der Waals surface area contributed by atoms with Gasteiger partial charge in [-0.1, -0.05) is 6.92 Å². The molecule has 2 aromatic heterocycles. The fourth-order valence-corrected chi connectivity index (χ4v) is 2.06. The van der Waals surface area contributed by atoms with Crippen molar-refractivity contribution in [2.75, 3.05) is 6.54 Å². The van der Waals surface area contributed by atoms with Crippen LogP contribution in [0.4, 0.5) is 0 Å². The van der Waals surface area contributed by atoms with Crippen LogP contribution in [0.3, 0.4) is 0 Å². The minimum atomic E-state index is 0.255. The first-order chi connectivity index (χ1) is 8.72. The van der Waals surface area contributed by atoms with Crippen LogP contribution in [0, 0.1) is 0 Å². The Balaban J connectivity index is 2.10. The fraction of sp³-hybridized carbons (Fsp3) is 0.538. The highest BCUT2D eigenvalue weighted by Gasteiger charge is 2.14. The van der Waals surface area contributed by atoms with E-state index in [0.29, 0.717) is 0 Å². The molecule has 0 aliphatic rings. The molecule has 1 unspecified atom stereocenters. The highest BCUT2D eigenvalue weighted by Crippen LogP contribution is 2.16. The van der Waals surface area contributed by atoms with Crippen LogP contribution in [-0.2, 0) is 20.0 Å². The predicted molar refractivity (Wildman–Crippen MR) is 71.2 cm³/mol. The first kappa shape index (κ1) is 12.8. The highest BCUT2D eigenvalue weighted by atomic mass is 15.3. The monoisotopic (exact) mass is 247 g/mol. The van der Waals surface area contributed by atoms with E-state index in [-0.39, 0.29) is 6.04 Å². The Morgan fingerprint density at radius 2 is 2.17 bits per heavy atom. The number of nitrogens with one attached hydrogen (secondary N) is 1. The zero-order chi connectivity index (χ0) is 13.0. The van der Waals surface area contributed by atoms with Crippen LogP contribution in [0.2, 0.25) is 0 Å². The molecule has 0 saturated heterocycles. The lowest BCUT2D eigenvalue weighted by atomic mass is 10.1. The van der Waals surface area contributed by atoms with E-state index in [1.807, 2.05) is 28.8 Å². The van der Waals surface area contributed by atoms with Gasteiger partial charge in [-0.2, -0.15) is 5.10 Å². The number of hydrogen-bond acceptors (Lipinski definition) is 3. The van der Waals surface area contributed by atoms with Gasteiger partial charge in [0.15, 0.2) is 0 Å². The van der Waals surface area contributed by atoms with Gasteiger partial charge in [-0.25, -0.2) is 4.98 Å². The summed E-state index contributed by atoms with van der Waals surface area (Å²) in [6.45, 7) is 6.06. The van der Waals surface area contributed by atoms with Crippen LogP contribution in [0.5, 0.6) is 0 Å². The molecule has 1 N–H and O–H groups in total. The molecular weight excluding hydrogens is 226 g/mol. The highest BCUT2D eigenvalue weighted by molar-refractivity contribution is 5.12. The van der Waals surface area contributed by atoms with Crippen LogP contribution >= 0.6 is 0 Å². The second-order valence-electron chi connectivity index (χ2n) is 4.48. The summed E-state index contributed by atoms with van der Waals surface area (Å²) in [7, 11) is 1.99. The Hall–Kier alpha value is -1.62. The Kier molecular flexibility index (Phi) is 4.15. The van der Waals surface area contributed by atoms with Crippen molar-refractivity contribution in [3.63, 3.8) is 0 Å². The molecule has 2 heterocycles. The maximum Gasteiger partial charge on any atom is 0.0947 e. The molecular formula is C13H21N5. The number of rotatable bonds is 6. The van der Waals surface area contributed by atoms with Crippen molar-refractivity contribution in [1.82, 2.24) is 24.6 Å². The standard InChI is InChI=1S/C13H21N5/c1-4-14-12(13-9-17(3)10-15-13)6-11-7-16-18(5-2)8-11/h7-10,12,14H,4-6H2,1-3H3. The molecule has 98 valence electrons. The van der Waals surface area contributed by atoms with Gasteiger partial charge < -0.3 is 9.88 Å². The molecule has 0 aromatic carbocycles. The van der Waals surface area contributed by atoms with Crippen molar-refractivity contribution >= 4 is 0 Å². The van der Waals surface area contributed by atoms with Gasteiger partial charge in [0.2, 0.25) is 0 Å². The Morgan fingerprint density at radius 1 is 1.33 bits per heavy atom. The third kappa shape index (κ3) is 2.98. The van der Waals surface area contributed by atoms with Crippen molar-refractivity contribution in [3.8, 4) is 0 Å². The molecule has 2 aromatic rings. The summed E-state index contributed by atoms with van der Waals surface area (Å²) in [6.07, 6.45) is 8.88. The number of imidazole rings is 1. The second-order valence-corrected chi connectivity index (χ2v) is 4.48. The van der Waals surface area contributed by atoms with Crippen LogP contribution in [0.15, 0.2) is 24.9 Å². The maximum atomic E-state index is 4.43. The van der Waals surface area contributed by atoms with E-state index < -0.39 is 0 Å². The molecule has 0 radical (unpaired) electrons. The normalized spacial score (nSPS) is 12.8. The minimum Gasteiger partial charge on any atom is -0.340 e. The molecule has 0 saturated carbocycles.